The van der Waals surface area contributed by atoms with Gasteiger partial charge in [-0.2, -0.15) is 0 Å². The number of para-hydroxylation sites is 2. The molecule has 0 bridgehead atoms. The highest BCUT2D eigenvalue weighted by atomic mass is 16.5. The van der Waals surface area contributed by atoms with Crippen LogP contribution >= 0.6 is 0 Å². The van der Waals surface area contributed by atoms with Gasteiger partial charge in [0.15, 0.2) is 0 Å². The molecule has 1 N–H and O–H groups in total. The molecule has 3 aromatic rings. The van der Waals surface area contributed by atoms with Crippen LogP contribution in [0.5, 0.6) is 5.75 Å². The molecule has 0 aliphatic carbocycles. The summed E-state index contributed by atoms with van der Waals surface area (Å²) in [5.41, 5.74) is 4.51. The molecule has 6 nitrogen and oxygen atoms in total. The predicted molar refractivity (Wildman–Crippen MR) is 127 cm³/mol. The van der Waals surface area contributed by atoms with E-state index in [0.29, 0.717) is 18.7 Å². The molecule has 6 heteroatoms. The zero-order valence-electron chi connectivity index (χ0n) is 18.8. The molecular formula is C26H31N3O3. The van der Waals surface area contributed by atoms with E-state index in [-0.39, 0.29) is 5.91 Å². The van der Waals surface area contributed by atoms with Crippen LogP contribution in [0.25, 0.3) is 16.9 Å². The van der Waals surface area contributed by atoms with Crippen LogP contribution in [0, 0.1) is 6.92 Å². The molecule has 4 rings (SSSR count). The Morgan fingerprint density at radius 1 is 1.06 bits per heavy atom. The number of rotatable bonds is 8. The minimum absolute atomic E-state index is 0.0550. The summed E-state index contributed by atoms with van der Waals surface area (Å²) in [6.45, 7) is 9.33. The van der Waals surface area contributed by atoms with E-state index in [9.17, 15) is 4.79 Å². The van der Waals surface area contributed by atoms with Crippen LogP contribution in [0.4, 0.5) is 0 Å². The van der Waals surface area contributed by atoms with Crippen LogP contribution < -0.4 is 10.1 Å². The van der Waals surface area contributed by atoms with Crippen molar-refractivity contribution < 1.29 is 14.3 Å². The summed E-state index contributed by atoms with van der Waals surface area (Å²) >= 11 is 0. The average Bonchev–Trinajstić information content (AvgIpc) is 3.18. The zero-order valence-corrected chi connectivity index (χ0v) is 18.8. The summed E-state index contributed by atoms with van der Waals surface area (Å²) in [5.74, 6) is 0.741. The van der Waals surface area contributed by atoms with Gasteiger partial charge in [-0.15, -0.1) is 0 Å². The average molecular weight is 434 g/mol. The second-order valence-corrected chi connectivity index (χ2v) is 7.84. The maximum Gasteiger partial charge on any atom is 0.253 e. The van der Waals surface area contributed by atoms with Crippen LogP contribution in [0.1, 0.15) is 23.0 Å². The Labute approximate surface area is 189 Å². The summed E-state index contributed by atoms with van der Waals surface area (Å²) < 4.78 is 13.4. The largest absolute Gasteiger partial charge is 0.492 e. The fourth-order valence-corrected chi connectivity index (χ4v) is 4.14. The highest BCUT2D eigenvalue weighted by Crippen LogP contribution is 2.33. The Kier molecular flexibility index (Phi) is 7.24. The first kappa shape index (κ1) is 22.1. The van der Waals surface area contributed by atoms with E-state index < -0.39 is 0 Å². The number of aromatic nitrogens is 1. The van der Waals surface area contributed by atoms with Crippen molar-refractivity contribution in [1.29, 1.82) is 0 Å². The molecule has 0 spiro atoms. The second-order valence-electron chi connectivity index (χ2n) is 7.84. The van der Waals surface area contributed by atoms with Crippen LogP contribution in [0.15, 0.2) is 60.7 Å². The van der Waals surface area contributed by atoms with E-state index in [2.05, 4.69) is 26.9 Å². The third-order valence-electron chi connectivity index (χ3n) is 5.78. The van der Waals surface area contributed by atoms with Gasteiger partial charge in [0.2, 0.25) is 0 Å². The Balaban J connectivity index is 1.65. The zero-order chi connectivity index (χ0) is 22.3. The van der Waals surface area contributed by atoms with Crippen molar-refractivity contribution in [3.63, 3.8) is 0 Å². The Bertz CT molecular complexity index is 1040. The molecular weight excluding hydrogens is 402 g/mol. The maximum absolute atomic E-state index is 13.1. The van der Waals surface area contributed by atoms with Gasteiger partial charge in [-0.25, -0.2) is 0 Å². The number of hydrogen-bond donors (Lipinski definition) is 1. The first-order chi connectivity index (χ1) is 15.7. The van der Waals surface area contributed by atoms with Gasteiger partial charge < -0.3 is 19.4 Å². The smallest absolute Gasteiger partial charge is 0.253 e. The maximum atomic E-state index is 13.1. The first-order valence-electron chi connectivity index (χ1n) is 11.3. The van der Waals surface area contributed by atoms with Crippen molar-refractivity contribution in [2.45, 2.75) is 13.8 Å². The number of ether oxygens (including phenoxy) is 2. The number of carbonyl (C=O) groups excluding carboxylic acids is 1. The number of hydrogen-bond acceptors (Lipinski definition) is 4. The molecule has 1 fully saturated rings. The van der Waals surface area contributed by atoms with Gasteiger partial charge in [0, 0.05) is 31.9 Å². The normalized spacial score (nSPS) is 14.3. The lowest BCUT2D eigenvalue weighted by Crippen LogP contribution is -2.41. The van der Waals surface area contributed by atoms with E-state index in [0.717, 1.165) is 61.2 Å². The summed E-state index contributed by atoms with van der Waals surface area (Å²) in [7, 11) is 0. The quantitative estimate of drug-likeness (QED) is 0.585. The van der Waals surface area contributed by atoms with E-state index in [4.69, 9.17) is 9.47 Å². The van der Waals surface area contributed by atoms with Gasteiger partial charge in [-0.05, 0) is 37.6 Å². The van der Waals surface area contributed by atoms with E-state index >= 15 is 0 Å². The second kappa shape index (κ2) is 10.5. The third-order valence-corrected chi connectivity index (χ3v) is 5.78. The molecule has 0 atom stereocenters. The van der Waals surface area contributed by atoms with Crippen molar-refractivity contribution in [1.82, 2.24) is 14.8 Å². The third kappa shape index (κ3) is 4.87. The molecule has 1 aliphatic rings. The van der Waals surface area contributed by atoms with Gasteiger partial charge in [0.05, 0.1) is 36.8 Å². The minimum Gasteiger partial charge on any atom is -0.492 e. The number of nitrogens with one attached hydrogen (secondary N) is 1. The predicted octanol–water partition coefficient (Wildman–Crippen LogP) is 3.91. The number of nitrogens with zero attached hydrogens (tertiary/aromatic N) is 2. The summed E-state index contributed by atoms with van der Waals surface area (Å²) in [4.78, 5) is 15.5. The topological polar surface area (TPSA) is 55.7 Å². The van der Waals surface area contributed by atoms with Gasteiger partial charge in [-0.1, -0.05) is 42.5 Å². The van der Waals surface area contributed by atoms with Crippen LogP contribution in [0.2, 0.25) is 0 Å². The lowest BCUT2D eigenvalue weighted by Gasteiger charge is -2.26. The van der Waals surface area contributed by atoms with Crippen LogP contribution in [-0.2, 0) is 4.74 Å². The fourth-order valence-electron chi connectivity index (χ4n) is 4.14. The van der Waals surface area contributed by atoms with Crippen molar-refractivity contribution in [3.8, 4) is 22.7 Å². The van der Waals surface area contributed by atoms with Gasteiger partial charge in [-0.3, -0.25) is 9.69 Å². The molecule has 168 valence electrons. The fraction of sp³-hybridized carbons (Fsp3) is 0.346. The van der Waals surface area contributed by atoms with Crippen molar-refractivity contribution >= 4 is 5.91 Å². The molecule has 0 saturated carbocycles. The molecule has 1 saturated heterocycles. The van der Waals surface area contributed by atoms with E-state index in [1.807, 2.05) is 62.4 Å². The molecule has 0 radical (unpaired) electrons. The van der Waals surface area contributed by atoms with Gasteiger partial charge >= 0.3 is 0 Å². The van der Waals surface area contributed by atoms with Crippen molar-refractivity contribution in [2.24, 2.45) is 0 Å². The standard InChI is InChI=1S/C26H31N3O3/c1-3-32-25-12-8-7-11-23(25)29-20(2)22(19-24(29)21-9-5-4-6-10-21)26(30)27-13-14-28-15-17-31-18-16-28/h4-12,19H,3,13-18H2,1-2H3,(H,27,30). The van der Waals surface area contributed by atoms with Gasteiger partial charge in [0.1, 0.15) is 5.75 Å². The summed E-state index contributed by atoms with van der Waals surface area (Å²) in [6, 6.07) is 20.1. The van der Waals surface area contributed by atoms with Crippen LogP contribution in [0.3, 0.4) is 0 Å². The summed E-state index contributed by atoms with van der Waals surface area (Å²) in [5, 5.41) is 3.10. The SMILES string of the molecule is CCOc1ccccc1-n1c(-c2ccccc2)cc(C(=O)NCCN2CCOCC2)c1C. The van der Waals surface area contributed by atoms with Crippen molar-refractivity contribution in [2.75, 3.05) is 46.0 Å². The van der Waals surface area contributed by atoms with E-state index in [1.54, 1.807) is 0 Å². The van der Waals surface area contributed by atoms with E-state index in [1.165, 1.54) is 0 Å². The number of amides is 1. The Morgan fingerprint density at radius 2 is 1.78 bits per heavy atom. The Hall–Kier alpha value is -3.09. The van der Waals surface area contributed by atoms with Gasteiger partial charge in [0.25, 0.3) is 5.91 Å². The highest BCUT2D eigenvalue weighted by molar-refractivity contribution is 5.97. The highest BCUT2D eigenvalue weighted by Gasteiger charge is 2.21. The molecule has 32 heavy (non-hydrogen) atoms. The molecule has 0 unspecified atom stereocenters. The number of benzene rings is 2. The molecule has 1 aromatic heterocycles. The van der Waals surface area contributed by atoms with Crippen molar-refractivity contribution in [3.05, 3.63) is 71.9 Å². The number of carbonyl (C=O) groups is 1. The lowest BCUT2D eigenvalue weighted by atomic mass is 10.1. The molecule has 2 aromatic carbocycles. The minimum atomic E-state index is -0.0550. The Morgan fingerprint density at radius 3 is 2.53 bits per heavy atom. The lowest BCUT2D eigenvalue weighted by molar-refractivity contribution is 0.0383. The molecule has 1 aliphatic heterocycles. The number of morpholine rings is 1. The first-order valence-corrected chi connectivity index (χ1v) is 11.3. The monoisotopic (exact) mass is 433 g/mol. The summed E-state index contributed by atoms with van der Waals surface area (Å²) in [6.07, 6.45) is 0. The molecule has 1 amide bonds. The van der Waals surface area contributed by atoms with Crippen LogP contribution in [-0.4, -0.2) is 61.4 Å². The molecule has 2 heterocycles.